The number of fused-ring (bicyclic) bond motifs is 1. The number of aryl methyl sites for hydroxylation is 2. The van der Waals surface area contributed by atoms with Gasteiger partial charge < -0.3 is 5.32 Å². The Kier molecular flexibility index (Phi) is 6.94. The Balaban J connectivity index is 0.000000581. The van der Waals surface area contributed by atoms with Gasteiger partial charge in [0, 0.05) is 24.4 Å². The van der Waals surface area contributed by atoms with Crippen LogP contribution in [0.25, 0.3) is 5.65 Å². The molecule has 0 aliphatic rings. The van der Waals surface area contributed by atoms with Gasteiger partial charge >= 0.3 is 0 Å². The fraction of sp³-hybridized carbons (Fsp3) is 0.538. The smallest absolute Gasteiger partial charge is 0.160 e. The number of rotatable bonds is 1. The fourth-order valence-corrected chi connectivity index (χ4v) is 1.37. The van der Waals surface area contributed by atoms with Gasteiger partial charge in [0.25, 0.3) is 0 Å². The Bertz CT molecular complexity index is 446. The summed E-state index contributed by atoms with van der Waals surface area (Å²) in [6, 6.07) is 1.97. The second-order valence-electron chi connectivity index (χ2n) is 3.10. The van der Waals surface area contributed by atoms with Crippen LogP contribution in [0.1, 0.15) is 39.0 Å². The Morgan fingerprint density at radius 1 is 1.12 bits per heavy atom. The van der Waals surface area contributed by atoms with Crippen molar-refractivity contribution in [2.24, 2.45) is 0 Å². The highest BCUT2D eigenvalue weighted by molar-refractivity contribution is 5.53. The highest BCUT2D eigenvalue weighted by Gasteiger charge is 2.05. The van der Waals surface area contributed by atoms with Gasteiger partial charge in [0.1, 0.15) is 5.82 Å². The number of nitrogens with zero attached hydrogens (tertiary/aromatic N) is 3. The summed E-state index contributed by atoms with van der Waals surface area (Å²) in [5, 5.41) is 7.31. The van der Waals surface area contributed by atoms with Gasteiger partial charge in [-0.3, -0.25) is 0 Å². The molecule has 0 aromatic carbocycles. The van der Waals surface area contributed by atoms with E-state index >= 15 is 0 Å². The summed E-state index contributed by atoms with van der Waals surface area (Å²) < 4.78 is 1.81. The average Bonchev–Trinajstić information content (AvgIpc) is 2.75. The highest BCUT2D eigenvalue weighted by atomic mass is 15.3. The van der Waals surface area contributed by atoms with Crippen LogP contribution in [-0.2, 0) is 0 Å². The molecular weight excluding hydrogens is 212 g/mol. The molecule has 0 radical (unpaired) electrons. The third-order valence-corrected chi connectivity index (χ3v) is 2.03. The second-order valence-corrected chi connectivity index (χ2v) is 3.10. The van der Waals surface area contributed by atoms with Crippen molar-refractivity contribution in [2.75, 3.05) is 12.4 Å². The zero-order valence-corrected chi connectivity index (χ0v) is 12.0. The van der Waals surface area contributed by atoms with Crippen molar-refractivity contribution in [3.05, 3.63) is 23.5 Å². The minimum absolute atomic E-state index is 0.921. The van der Waals surface area contributed by atoms with E-state index in [-0.39, 0.29) is 0 Å². The van der Waals surface area contributed by atoms with Crippen LogP contribution in [0.5, 0.6) is 0 Å². The molecule has 0 atom stereocenters. The Hall–Kier alpha value is -1.58. The summed E-state index contributed by atoms with van der Waals surface area (Å²) >= 11 is 0. The van der Waals surface area contributed by atoms with Gasteiger partial charge in [-0.2, -0.15) is 9.61 Å². The van der Waals surface area contributed by atoms with Crippen LogP contribution in [-0.4, -0.2) is 21.6 Å². The molecule has 0 aliphatic carbocycles. The van der Waals surface area contributed by atoms with Gasteiger partial charge in [0.2, 0.25) is 0 Å². The quantitative estimate of drug-likeness (QED) is 0.824. The predicted octanol–water partition coefficient (Wildman–Crippen LogP) is 3.44. The van der Waals surface area contributed by atoms with Crippen molar-refractivity contribution in [1.29, 1.82) is 0 Å². The molecule has 0 aliphatic heterocycles. The van der Waals surface area contributed by atoms with Gasteiger partial charge in [0.15, 0.2) is 5.65 Å². The van der Waals surface area contributed by atoms with Crippen molar-refractivity contribution in [3.8, 4) is 0 Å². The first-order valence-electron chi connectivity index (χ1n) is 6.22. The van der Waals surface area contributed by atoms with Crippen molar-refractivity contribution in [1.82, 2.24) is 14.6 Å². The third-order valence-electron chi connectivity index (χ3n) is 2.03. The molecule has 1 N–H and O–H groups in total. The third kappa shape index (κ3) is 3.44. The van der Waals surface area contributed by atoms with Gasteiger partial charge in [-0.05, 0) is 13.8 Å². The summed E-state index contributed by atoms with van der Waals surface area (Å²) in [4.78, 5) is 4.40. The lowest BCUT2D eigenvalue weighted by atomic mass is 10.3. The van der Waals surface area contributed by atoms with Gasteiger partial charge in [0.05, 0.1) is 6.20 Å². The first-order chi connectivity index (χ1) is 8.22. The minimum Gasteiger partial charge on any atom is -0.373 e. The number of anilines is 1. The highest BCUT2D eigenvalue weighted by Crippen LogP contribution is 2.13. The molecule has 2 aromatic heterocycles. The Morgan fingerprint density at radius 3 is 2.24 bits per heavy atom. The van der Waals surface area contributed by atoms with Crippen molar-refractivity contribution >= 4 is 11.5 Å². The van der Waals surface area contributed by atoms with Gasteiger partial charge in [-0.1, -0.05) is 27.7 Å². The van der Waals surface area contributed by atoms with Crippen molar-refractivity contribution < 1.29 is 0 Å². The van der Waals surface area contributed by atoms with E-state index < -0.39 is 0 Å². The summed E-state index contributed by atoms with van der Waals surface area (Å²) in [5.41, 5.74) is 3.02. The van der Waals surface area contributed by atoms with E-state index in [1.54, 1.807) is 0 Å². The van der Waals surface area contributed by atoms with Crippen LogP contribution in [0.3, 0.4) is 0 Å². The van der Waals surface area contributed by atoms with Crippen LogP contribution in [0.2, 0.25) is 0 Å². The Morgan fingerprint density at radius 2 is 1.71 bits per heavy atom. The fourth-order valence-electron chi connectivity index (χ4n) is 1.37. The predicted molar refractivity (Wildman–Crippen MR) is 74.7 cm³/mol. The largest absolute Gasteiger partial charge is 0.373 e. The van der Waals surface area contributed by atoms with E-state index in [0.29, 0.717) is 0 Å². The zero-order valence-electron chi connectivity index (χ0n) is 12.0. The number of hydrogen-bond acceptors (Lipinski definition) is 3. The van der Waals surface area contributed by atoms with E-state index in [1.165, 1.54) is 0 Å². The van der Waals surface area contributed by atoms with Gasteiger partial charge in [-0.15, -0.1) is 0 Å². The molecule has 4 heteroatoms. The maximum atomic E-state index is 4.40. The molecule has 0 bridgehead atoms. The maximum absolute atomic E-state index is 4.40. The molecule has 2 heterocycles. The SMILES string of the molecule is CC.CC.CNc1cc(C)nc2c(C)cnn12. The minimum atomic E-state index is 0.921. The molecule has 17 heavy (non-hydrogen) atoms. The lowest BCUT2D eigenvalue weighted by molar-refractivity contribution is 0.934. The molecule has 4 nitrogen and oxygen atoms in total. The first-order valence-corrected chi connectivity index (χ1v) is 6.22. The molecule has 0 unspecified atom stereocenters. The van der Waals surface area contributed by atoms with Crippen LogP contribution >= 0.6 is 0 Å². The number of hydrogen-bond donors (Lipinski definition) is 1. The van der Waals surface area contributed by atoms with E-state index in [1.807, 2.05) is 65.4 Å². The molecule has 2 aromatic rings. The molecule has 0 saturated heterocycles. The van der Waals surface area contributed by atoms with Gasteiger partial charge in [-0.25, -0.2) is 4.98 Å². The number of aromatic nitrogens is 3. The van der Waals surface area contributed by atoms with Crippen LogP contribution in [0, 0.1) is 13.8 Å². The maximum Gasteiger partial charge on any atom is 0.160 e. The lowest BCUT2D eigenvalue weighted by Crippen LogP contribution is -2.01. The van der Waals surface area contributed by atoms with Crippen LogP contribution in [0.15, 0.2) is 12.3 Å². The lowest BCUT2D eigenvalue weighted by Gasteiger charge is -2.04. The Labute approximate surface area is 104 Å². The zero-order chi connectivity index (χ0) is 13.4. The average molecular weight is 236 g/mol. The topological polar surface area (TPSA) is 42.2 Å². The molecule has 2 rings (SSSR count). The normalized spacial score (nSPS) is 8.88. The molecule has 96 valence electrons. The van der Waals surface area contributed by atoms with E-state index in [4.69, 9.17) is 0 Å². The summed E-state index contributed by atoms with van der Waals surface area (Å²) in [6.45, 7) is 12.0. The molecule has 0 saturated carbocycles. The summed E-state index contributed by atoms with van der Waals surface area (Å²) in [7, 11) is 1.88. The second kappa shape index (κ2) is 7.65. The molecular formula is C13H24N4. The van der Waals surface area contributed by atoms with Crippen molar-refractivity contribution in [2.45, 2.75) is 41.5 Å². The monoisotopic (exact) mass is 236 g/mol. The molecule has 0 amide bonds. The van der Waals surface area contributed by atoms with Crippen molar-refractivity contribution in [3.63, 3.8) is 0 Å². The summed E-state index contributed by atoms with van der Waals surface area (Å²) in [5.74, 6) is 0.968. The summed E-state index contributed by atoms with van der Waals surface area (Å²) in [6.07, 6.45) is 1.82. The number of nitrogens with one attached hydrogen (secondary N) is 1. The van der Waals surface area contributed by atoms with Crippen LogP contribution < -0.4 is 5.32 Å². The van der Waals surface area contributed by atoms with Crippen LogP contribution in [0.4, 0.5) is 5.82 Å². The first kappa shape index (κ1) is 15.4. The van der Waals surface area contributed by atoms with E-state index in [9.17, 15) is 0 Å². The van der Waals surface area contributed by atoms with E-state index in [0.717, 1.165) is 22.7 Å². The molecule has 0 spiro atoms. The standard InChI is InChI=1S/C9H12N4.2C2H6/c1-6-5-11-13-8(10-3)4-7(2)12-9(6)13;2*1-2/h4-5,10H,1-3H3;2*1-2H3. The molecule has 0 fully saturated rings. The van der Waals surface area contributed by atoms with E-state index in [2.05, 4.69) is 15.4 Å².